The highest BCUT2D eigenvalue weighted by Gasteiger charge is 2.40. The SMILES string of the molecule is NNC(=O)CN1C(=O)C(c2ccccc2)Oc2ccc([N+](=O)[O-])nc21. The topological polar surface area (TPSA) is 141 Å². The van der Waals surface area contributed by atoms with E-state index < -0.39 is 35.2 Å². The Kier molecular flexibility index (Phi) is 4.27. The number of nitrogens with two attached hydrogens (primary N) is 1. The predicted octanol–water partition coefficient (Wildman–Crippen LogP) is 0.446. The summed E-state index contributed by atoms with van der Waals surface area (Å²) in [6.07, 6.45) is -0.998. The summed E-state index contributed by atoms with van der Waals surface area (Å²) in [5, 5.41) is 10.9. The van der Waals surface area contributed by atoms with Gasteiger partial charge in [-0.3, -0.25) is 19.9 Å². The Morgan fingerprint density at radius 3 is 2.68 bits per heavy atom. The predicted molar refractivity (Wildman–Crippen MR) is 85.4 cm³/mol. The van der Waals surface area contributed by atoms with Crippen molar-refractivity contribution < 1.29 is 19.2 Å². The molecule has 128 valence electrons. The largest absolute Gasteiger partial charge is 0.469 e. The lowest BCUT2D eigenvalue weighted by Crippen LogP contribution is -2.48. The molecule has 0 bridgehead atoms. The lowest BCUT2D eigenvalue weighted by atomic mass is 10.1. The second-order valence-corrected chi connectivity index (χ2v) is 5.15. The average Bonchev–Trinajstić information content (AvgIpc) is 2.63. The van der Waals surface area contributed by atoms with E-state index >= 15 is 0 Å². The van der Waals surface area contributed by atoms with Crippen LogP contribution in [0.3, 0.4) is 0 Å². The number of amides is 2. The van der Waals surface area contributed by atoms with E-state index in [1.165, 1.54) is 6.07 Å². The van der Waals surface area contributed by atoms with Gasteiger partial charge in [0.05, 0.1) is 0 Å². The molecule has 0 saturated carbocycles. The smallest absolute Gasteiger partial charge is 0.366 e. The van der Waals surface area contributed by atoms with E-state index in [-0.39, 0.29) is 11.6 Å². The normalized spacial score (nSPS) is 16.0. The van der Waals surface area contributed by atoms with E-state index in [0.717, 1.165) is 11.0 Å². The Balaban J connectivity index is 2.07. The number of ether oxygens (including phenoxy) is 1. The Morgan fingerprint density at radius 2 is 2.04 bits per heavy atom. The van der Waals surface area contributed by atoms with Gasteiger partial charge in [0.1, 0.15) is 6.54 Å². The fourth-order valence-electron chi connectivity index (χ4n) is 2.42. The molecule has 0 aliphatic carbocycles. The molecule has 10 heteroatoms. The Labute approximate surface area is 141 Å². The van der Waals surface area contributed by atoms with E-state index in [4.69, 9.17) is 10.6 Å². The number of nitrogens with one attached hydrogen (secondary N) is 1. The third-order valence-corrected chi connectivity index (χ3v) is 3.57. The van der Waals surface area contributed by atoms with E-state index in [0.29, 0.717) is 5.56 Å². The van der Waals surface area contributed by atoms with Crippen molar-refractivity contribution in [3.8, 4) is 5.75 Å². The second-order valence-electron chi connectivity index (χ2n) is 5.15. The minimum atomic E-state index is -0.998. The quantitative estimate of drug-likeness (QED) is 0.355. The number of rotatable bonds is 4. The molecule has 1 aliphatic heterocycles. The zero-order valence-corrected chi connectivity index (χ0v) is 12.8. The molecule has 2 heterocycles. The zero-order valence-electron chi connectivity index (χ0n) is 12.8. The van der Waals surface area contributed by atoms with Crippen LogP contribution in [0.1, 0.15) is 11.7 Å². The third kappa shape index (κ3) is 3.10. The number of pyridine rings is 1. The fourth-order valence-corrected chi connectivity index (χ4v) is 2.42. The molecule has 25 heavy (non-hydrogen) atoms. The van der Waals surface area contributed by atoms with Crippen LogP contribution in [-0.2, 0) is 9.59 Å². The molecule has 2 amide bonds. The molecular formula is C15H13N5O5. The number of nitrogens with zero attached hydrogens (tertiary/aromatic N) is 3. The van der Waals surface area contributed by atoms with Gasteiger partial charge in [-0.25, -0.2) is 5.84 Å². The highest BCUT2D eigenvalue weighted by molar-refractivity contribution is 6.03. The lowest BCUT2D eigenvalue weighted by Gasteiger charge is -2.30. The van der Waals surface area contributed by atoms with Crippen molar-refractivity contribution >= 4 is 23.5 Å². The number of nitro groups is 1. The van der Waals surface area contributed by atoms with Gasteiger partial charge in [-0.15, -0.1) is 0 Å². The average molecular weight is 343 g/mol. The molecule has 10 nitrogen and oxygen atoms in total. The van der Waals surface area contributed by atoms with Crippen molar-refractivity contribution in [1.82, 2.24) is 10.4 Å². The van der Waals surface area contributed by atoms with Gasteiger partial charge in [0.2, 0.25) is 6.10 Å². The molecule has 2 aromatic rings. The van der Waals surface area contributed by atoms with Crippen molar-refractivity contribution in [3.63, 3.8) is 0 Å². The van der Waals surface area contributed by atoms with Crippen molar-refractivity contribution in [3.05, 3.63) is 58.1 Å². The van der Waals surface area contributed by atoms with Crippen molar-refractivity contribution in [2.45, 2.75) is 6.10 Å². The van der Waals surface area contributed by atoms with Crippen LogP contribution in [0.2, 0.25) is 0 Å². The molecule has 0 saturated heterocycles. The Hall–Kier alpha value is -3.53. The maximum absolute atomic E-state index is 12.8. The van der Waals surface area contributed by atoms with Crippen LogP contribution in [0.25, 0.3) is 0 Å². The third-order valence-electron chi connectivity index (χ3n) is 3.57. The summed E-state index contributed by atoms with van der Waals surface area (Å²) in [4.78, 5) is 39.5. The molecule has 1 atom stereocenters. The molecular weight excluding hydrogens is 330 g/mol. The number of benzene rings is 1. The minimum Gasteiger partial charge on any atom is -0.469 e. The molecule has 0 fully saturated rings. The number of hydrogen-bond acceptors (Lipinski definition) is 7. The van der Waals surface area contributed by atoms with Crippen LogP contribution < -0.4 is 20.9 Å². The number of carbonyl (C=O) groups is 2. The lowest BCUT2D eigenvalue weighted by molar-refractivity contribution is -0.389. The zero-order chi connectivity index (χ0) is 18.0. The molecule has 0 radical (unpaired) electrons. The number of anilines is 1. The minimum absolute atomic E-state index is 0.102. The molecule has 1 aromatic carbocycles. The van der Waals surface area contributed by atoms with Gasteiger partial charge < -0.3 is 14.9 Å². The van der Waals surface area contributed by atoms with E-state index in [1.807, 2.05) is 5.43 Å². The van der Waals surface area contributed by atoms with E-state index in [1.54, 1.807) is 30.3 Å². The molecule has 3 rings (SSSR count). The summed E-state index contributed by atoms with van der Waals surface area (Å²) in [7, 11) is 0. The molecule has 3 N–H and O–H groups in total. The summed E-state index contributed by atoms with van der Waals surface area (Å²) < 4.78 is 5.67. The molecule has 1 aromatic heterocycles. The van der Waals surface area contributed by atoms with Crippen LogP contribution in [0.15, 0.2) is 42.5 Å². The first-order chi connectivity index (χ1) is 12.0. The highest BCUT2D eigenvalue weighted by atomic mass is 16.6. The maximum atomic E-state index is 12.8. The standard InChI is InChI=1S/C15H13N5O5/c16-18-12(21)8-19-14-10(6-7-11(17-14)20(23)24)25-13(15(19)22)9-4-2-1-3-5-9/h1-7,13H,8,16H2,(H,18,21). The van der Waals surface area contributed by atoms with Gasteiger partial charge >= 0.3 is 5.82 Å². The van der Waals surface area contributed by atoms with Crippen LogP contribution in [0.5, 0.6) is 5.75 Å². The van der Waals surface area contributed by atoms with Crippen LogP contribution >= 0.6 is 0 Å². The summed E-state index contributed by atoms with van der Waals surface area (Å²) in [6.45, 7) is -0.441. The summed E-state index contributed by atoms with van der Waals surface area (Å²) in [5.41, 5.74) is 2.50. The van der Waals surface area contributed by atoms with Gasteiger partial charge in [0.25, 0.3) is 17.6 Å². The van der Waals surface area contributed by atoms with E-state index in [9.17, 15) is 19.7 Å². The summed E-state index contributed by atoms with van der Waals surface area (Å²) in [5.74, 6) is 3.44. The van der Waals surface area contributed by atoms with Crippen LogP contribution in [0.4, 0.5) is 11.6 Å². The fraction of sp³-hybridized carbons (Fsp3) is 0.133. The number of carbonyl (C=O) groups excluding carboxylic acids is 2. The van der Waals surface area contributed by atoms with Crippen LogP contribution in [-0.4, -0.2) is 28.3 Å². The van der Waals surface area contributed by atoms with Gasteiger partial charge in [0.15, 0.2) is 5.75 Å². The Morgan fingerprint density at radius 1 is 1.32 bits per heavy atom. The first kappa shape index (κ1) is 16.3. The Bertz CT molecular complexity index is 841. The van der Waals surface area contributed by atoms with E-state index in [2.05, 4.69) is 4.98 Å². The summed E-state index contributed by atoms with van der Waals surface area (Å²) in [6, 6.07) is 11.2. The number of hydrazine groups is 1. The van der Waals surface area contributed by atoms with Crippen molar-refractivity contribution in [2.24, 2.45) is 5.84 Å². The first-order valence-corrected chi connectivity index (χ1v) is 7.19. The second kappa shape index (κ2) is 6.53. The molecule has 0 spiro atoms. The maximum Gasteiger partial charge on any atom is 0.366 e. The number of aromatic nitrogens is 1. The van der Waals surface area contributed by atoms with Gasteiger partial charge in [-0.2, -0.15) is 0 Å². The highest BCUT2D eigenvalue weighted by Crippen LogP contribution is 2.38. The van der Waals surface area contributed by atoms with Gasteiger partial charge in [-0.05, 0) is 16.0 Å². The first-order valence-electron chi connectivity index (χ1n) is 7.19. The van der Waals surface area contributed by atoms with Crippen LogP contribution in [0, 0.1) is 10.1 Å². The van der Waals surface area contributed by atoms with Crippen molar-refractivity contribution in [2.75, 3.05) is 11.4 Å². The molecule has 1 aliphatic rings. The van der Waals surface area contributed by atoms with Crippen molar-refractivity contribution in [1.29, 1.82) is 0 Å². The summed E-state index contributed by atoms with van der Waals surface area (Å²) >= 11 is 0. The molecule has 1 unspecified atom stereocenters. The monoisotopic (exact) mass is 343 g/mol. The number of fused-ring (bicyclic) bond motifs is 1. The van der Waals surface area contributed by atoms with Gasteiger partial charge in [0, 0.05) is 11.6 Å². The number of hydrogen-bond donors (Lipinski definition) is 2. The van der Waals surface area contributed by atoms with Gasteiger partial charge in [-0.1, -0.05) is 30.3 Å².